The van der Waals surface area contributed by atoms with Gasteiger partial charge in [-0.2, -0.15) is 5.10 Å². The summed E-state index contributed by atoms with van der Waals surface area (Å²) in [4.78, 5) is 13.0. The Morgan fingerprint density at radius 3 is 2.85 bits per heavy atom. The van der Waals surface area contributed by atoms with E-state index in [1.54, 1.807) is 0 Å². The van der Waals surface area contributed by atoms with Crippen LogP contribution >= 0.6 is 12.4 Å². The lowest BCUT2D eigenvalue weighted by molar-refractivity contribution is -0.146. The Labute approximate surface area is 161 Å². The summed E-state index contributed by atoms with van der Waals surface area (Å²) in [5, 5.41) is 11.1. The van der Waals surface area contributed by atoms with Crippen LogP contribution in [0.3, 0.4) is 0 Å². The average molecular weight is 383 g/mol. The Hall–Kier alpha value is -1.11. The van der Waals surface area contributed by atoms with E-state index in [9.17, 15) is 4.79 Å². The second-order valence-corrected chi connectivity index (χ2v) is 8.00. The van der Waals surface area contributed by atoms with Crippen LogP contribution in [0.15, 0.2) is 12.4 Å². The molecule has 4 atom stereocenters. The van der Waals surface area contributed by atoms with Crippen molar-refractivity contribution < 1.29 is 9.53 Å². The van der Waals surface area contributed by atoms with Gasteiger partial charge >= 0.3 is 0 Å². The van der Waals surface area contributed by atoms with Crippen molar-refractivity contribution in [2.75, 3.05) is 19.7 Å². The summed E-state index contributed by atoms with van der Waals surface area (Å²) < 4.78 is 7.79. The van der Waals surface area contributed by atoms with Crippen molar-refractivity contribution in [3.05, 3.63) is 18.0 Å². The number of amides is 1. The highest BCUT2D eigenvalue weighted by molar-refractivity contribution is 5.85. The molecule has 1 amide bonds. The van der Waals surface area contributed by atoms with Crippen LogP contribution in [0.5, 0.6) is 0 Å². The lowest BCUT2D eigenvalue weighted by Gasteiger charge is -2.54. The van der Waals surface area contributed by atoms with Crippen LogP contribution in [0, 0.1) is 11.3 Å². The molecule has 4 rings (SSSR count). The summed E-state index contributed by atoms with van der Waals surface area (Å²) in [6.45, 7) is 4.43. The van der Waals surface area contributed by atoms with E-state index < -0.39 is 0 Å². The number of rotatable bonds is 5. The summed E-state index contributed by atoms with van der Waals surface area (Å²) >= 11 is 0. The molecule has 2 heterocycles. The van der Waals surface area contributed by atoms with Crippen molar-refractivity contribution in [2.45, 2.75) is 57.1 Å². The van der Waals surface area contributed by atoms with Gasteiger partial charge in [0.1, 0.15) is 0 Å². The minimum Gasteiger partial charge on any atom is -0.378 e. The van der Waals surface area contributed by atoms with Crippen molar-refractivity contribution in [3.8, 4) is 0 Å². The molecule has 2 aliphatic carbocycles. The number of carbonyl (C=O) groups is 1. The van der Waals surface area contributed by atoms with E-state index in [-0.39, 0.29) is 41.6 Å². The van der Waals surface area contributed by atoms with Crippen LogP contribution < -0.4 is 10.6 Å². The molecule has 2 N–H and O–H groups in total. The fourth-order valence-corrected chi connectivity index (χ4v) is 5.30. The van der Waals surface area contributed by atoms with Gasteiger partial charge in [-0.25, -0.2) is 0 Å². The molecular formula is C19H31ClN4O2. The molecule has 2 saturated carbocycles. The minimum absolute atomic E-state index is 0. The number of nitrogens with zero attached hydrogens (tertiary/aromatic N) is 2. The Bertz CT molecular complexity index is 629. The van der Waals surface area contributed by atoms with Crippen molar-refractivity contribution in [1.29, 1.82) is 0 Å². The Kier molecular flexibility index (Phi) is 5.94. The maximum absolute atomic E-state index is 13.0. The normalized spacial score (nSPS) is 32.2. The molecule has 1 aliphatic heterocycles. The van der Waals surface area contributed by atoms with Gasteiger partial charge < -0.3 is 15.4 Å². The lowest BCUT2D eigenvalue weighted by atomic mass is 9.60. The fraction of sp³-hybridized carbons (Fsp3) is 0.789. The molecule has 0 aromatic carbocycles. The monoisotopic (exact) mass is 382 g/mol. The quantitative estimate of drug-likeness (QED) is 0.817. The maximum atomic E-state index is 13.0. The van der Waals surface area contributed by atoms with Gasteiger partial charge in [-0.15, -0.1) is 12.4 Å². The van der Waals surface area contributed by atoms with Gasteiger partial charge in [-0.3, -0.25) is 9.48 Å². The van der Waals surface area contributed by atoms with Crippen molar-refractivity contribution >= 4 is 18.3 Å². The molecule has 1 saturated heterocycles. The number of carbonyl (C=O) groups excluding carboxylic acids is 1. The van der Waals surface area contributed by atoms with Gasteiger partial charge in [0.25, 0.3) is 0 Å². The van der Waals surface area contributed by atoms with Crippen LogP contribution in [-0.2, 0) is 16.6 Å². The zero-order valence-electron chi connectivity index (χ0n) is 15.7. The van der Waals surface area contributed by atoms with Gasteiger partial charge in [0.15, 0.2) is 0 Å². The SMILES string of the molecule is CCOC1CC(NC(=O)[C@H]2CNC[C@@H]2c2cnn(C)c2)C12CCCC2.Cl. The van der Waals surface area contributed by atoms with E-state index in [0.717, 1.165) is 31.7 Å². The van der Waals surface area contributed by atoms with Crippen LogP contribution in [0.2, 0.25) is 0 Å². The molecule has 3 aliphatic rings. The number of hydrogen-bond donors (Lipinski definition) is 2. The van der Waals surface area contributed by atoms with Crippen molar-refractivity contribution in [3.63, 3.8) is 0 Å². The third-order valence-corrected chi connectivity index (χ3v) is 6.71. The Morgan fingerprint density at radius 2 is 2.19 bits per heavy atom. The molecule has 146 valence electrons. The van der Waals surface area contributed by atoms with E-state index >= 15 is 0 Å². The van der Waals surface area contributed by atoms with Crippen LogP contribution in [0.1, 0.15) is 50.5 Å². The highest BCUT2D eigenvalue weighted by Gasteiger charge is 2.57. The van der Waals surface area contributed by atoms with Gasteiger partial charge in [-0.05, 0) is 31.7 Å². The number of hydrogen-bond acceptors (Lipinski definition) is 4. The third-order valence-electron chi connectivity index (χ3n) is 6.71. The minimum atomic E-state index is -0.00574. The van der Waals surface area contributed by atoms with E-state index in [1.807, 2.05) is 24.1 Å². The molecule has 2 unspecified atom stereocenters. The van der Waals surface area contributed by atoms with Crippen LogP contribution in [-0.4, -0.2) is 47.5 Å². The summed E-state index contributed by atoms with van der Waals surface area (Å²) in [6, 6.07) is 0.286. The number of nitrogens with one attached hydrogen (secondary N) is 2. The summed E-state index contributed by atoms with van der Waals surface area (Å²) in [5.74, 6) is 0.412. The molecule has 0 bridgehead atoms. The van der Waals surface area contributed by atoms with E-state index in [4.69, 9.17) is 4.74 Å². The maximum Gasteiger partial charge on any atom is 0.225 e. The number of aryl methyl sites for hydroxylation is 1. The molecule has 1 aromatic rings. The fourth-order valence-electron chi connectivity index (χ4n) is 5.30. The second-order valence-electron chi connectivity index (χ2n) is 8.00. The largest absolute Gasteiger partial charge is 0.378 e. The van der Waals surface area contributed by atoms with Crippen LogP contribution in [0.25, 0.3) is 0 Å². The molecule has 7 heteroatoms. The molecule has 26 heavy (non-hydrogen) atoms. The third kappa shape index (κ3) is 3.27. The van der Waals surface area contributed by atoms with E-state index in [0.29, 0.717) is 6.10 Å². The first-order valence-corrected chi connectivity index (χ1v) is 9.75. The summed E-state index contributed by atoms with van der Waals surface area (Å²) in [7, 11) is 1.92. The first-order chi connectivity index (χ1) is 12.1. The molecule has 0 radical (unpaired) electrons. The predicted molar refractivity (Wildman–Crippen MR) is 102 cm³/mol. The van der Waals surface area contributed by atoms with Gasteiger partial charge in [0, 0.05) is 50.3 Å². The molecule has 3 fully saturated rings. The molecule has 1 spiro atoms. The molecule has 6 nitrogen and oxygen atoms in total. The van der Waals surface area contributed by atoms with Gasteiger partial charge in [0.05, 0.1) is 18.2 Å². The first kappa shape index (κ1) is 19.6. The lowest BCUT2D eigenvalue weighted by Crippen LogP contribution is -2.64. The predicted octanol–water partition coefficient (Wildman–Crippen LogP) is 2.00. The Morgan fingerprint density at radius 1 is 1.42 bits per heavy atom. The number of ether oxygens (including phenoxy) is 1. The number of aromatic nitrogens is 2. The second kappa shape index (κ2) is 7.87. The standard InChI is InChI=1S/C19H30N4O2.ClH/c1-3-25-17-8-16(19(17)6-4-5-7-19)22-18(24)15-11-20-10-14(15)13-9-21-23(2)12-13;/h9,12,14-17,20H,3-8,10-11H2,1-2H3,(H,22,24);1H/t14-,15+,16?,17?;/m1./s1. The smallest absolute Gasteiger partial charge is 0.225 e. The van der Waals surface area contributed by atoms with Gasteiger partial charge in [-0.1, -0.05) is 12.8 Å². The first-order valence-electron chi connectivity index (χ1n) is 9.75. The molecular weight excluding hydrogens is 352 g/mol. The van der Waals surface area contributed by atoms with Crippen molar-refractivity contribution in [1.82, 2.24) is 20.4 Å². The topological polar surface area (TPSA) is 68.2 Å². The van der Waals surface area contributed by atoms with Crippen LogP contribution in [0.4, 0.5) is 0 Å². The number of halogens is 1. The zero-order valence-corrected chi connectivity index (χ0v) is 16.6. The van der Waals surface area contributed by atoms with Gasteiger partial charge in [0.2, 0.25) is 5.91 Å². The van der Waals surface area contributed by atoms with E-state index in [2.05, 4.69) is 22.7 Å². The highest BCUT2D eigenvalue weighted by Crippen LogP contribution is 2.54. The van der Waals surface area contributed by atoms with E-state index in [1.165, 1.54) is 25.7 Å². The van der Waals surface area contributed by atoms with Crippen molar-refractivity contribution in [2.24, 2.45) is 18.4 Å². The molecule has 1 aromatic heterocycles. The average Bonchev–Trinajstić information content (AvgIpc) is 3.33. The highest BCUT2D eigenvalue weighted by atomic mass is 35.5. The zero-order chi connectivity index (χ0) is 17.4. The summed E-state index contributed by atoms with van der Waals surface area (Å²) in [5.41, 5.74) is 1.35. The Balaban J connectivity index is 0.00000196. The summed E-state index contributed by atoms with van der Waals surface area (Å²) in [6.07, 6.45) is 10.1.